The number of carbonyl (C=O) groups is 4. The summed E-state index contributed by atoms with van der Waals surface area (Å²) in [6, 6.07) is 8.17. The lowest BCUT2D eigenvalue weighted by Crippen LogP contribution is -2.13. The largest absolute Gasteiger partial charge is 0.478 e. The Morgan fingerprint density at radius 3 is 1.81 bits per heavy atom. The first-order chi connectivity index (χ1) is 12.3. The summed E-state index contributed by atoms with van der Waals surface area (Å²) in [5.74, 6) is -3.25. The van der Waals surface area contributed by atoms with Crippen molar-refractivity contribution in [2.45, 2.75) is 6.92 Å². The van der Waals surface area contributed by atoms with E-state index in [1.165, 1.54) is 31.4 Å². The lowest BCUT2D eigenvalue weighted by Gasteiger charge is -2.09. The minimum Gasteiger partial charge on any atom is -0.478 e. The van der Waals surface area contributed by atoms with Crippen LogP contribution in [0.4, 0.5) is 0 Å². The summed E-state index contributed by atoms with van der Waals surface area (Å²) < 4.78 is 9.22. The van der Waals surface area contributed by atoms with Crippen LogP contribution in [0.1, 0.15) is 52.6 Å². The van der Waals surface area contributed by atoms with Gasteiger partial charge < -0.3 is 14.6 Å². The molecule has 2 aromatic carbocycles. The number of ether oxygens (including phenoxy) is 2. The van der Waals surface area contributed by atoms with Gasteiger partial charge in [0.1, 0.15) is 0 Å². The fourth-order valence-corrected chi connectivity index (χ4v) is 2.41. The van der Waals surface area contributed by atoms with Gasteiger partial charge in [-0.3, -0.25) is 4.79 Å². The van der Waals surface area contributed by atoms with Gasteiger partial charge in [-0.15, -0.1) is 0 Å². The molecule has 0 saturated heterocycles. The molecule has 2 rings (SSSR count). The molecule has 0 aliphatic carbocycles. The minimum absolute atomic E-state index is 0.0646. The van der Waals surface area contributed by atoms with Crippen LogP contribution in [0.5, 0.6) is 0 Å². The Kier molecular flexibility index (Phi) is 5.51. The molecule has 0 atom stereocenters. The molecule has 0 heterocycles. The van der Waals surface area contributed by atoms with Gasteiger partial charge in [0.25, 0.3) is 0 Å². The van der Waals surface area contributed by atoms with Gasteiger partial charge in [-0.25, -0.2) is 14.4 Å². The Bertz CT molecular complexity index is 912. The van der Waals surface area contributed by atoms with Crippen molar-refractivity contribution >= 4 is 23.7 Å². The zero-order valence-corrected chi connectivity index (χ0v) is 14.4. The average molecular weight is 356 g/mol. The predicted molar refractivity (Wildman–Crippen MR) is 90.7 cm³/mol. The lowest BCUT2D eigenvalue weighted by molar-refractivity contribution is 0.0581. The Hall–Kier alpha value is -3.48. The number of carbonyl (C=O) groups excluding carboxylic acids is 3. The molecular weight excluding hydrogens is 340 g/mol. The van der Waals surface area contributed by atoms with Crippen LogP contribution in [0.2, 0.25) is 0 Å². The number of benzene rings is 2. The predicted octanol–water partition coefficient (Wildman–Crippen LogP) is 2.50. The van der Waals surface area contributed by atoms with Crippen LogP contribution in [0.3, 0.4) is 0 Å². The fraction of sp³-hybridized carbons (Fsp3) is 0.158. The molecule has 0 aromatic heterocycles. The molecule has 0 radical (unpaired) electrons. The molecule has 0 unspecified atom stereocenters. The van der Waals surface area contributed by atoms with Crippen molar-refractivity contribution in [1.82, 2.24) is 0 Å². The number of hydrogen-bond donors (Lipinski definition) is 1. The summed E-state index contributed by atoms with van der Waals surface area (Å²) in [5.41, 5.74) is 0.634. The van der Waals surface area contributed by atoms with Crippen molar-refractivity contribution in [3.8, 4) is 0 Å². The van der Waals surface area contributed by atoms with Crippen LogP contribution in [0.25, 0.3) is 0 Å². The number of carboxylic acids is 1. The van der Waals surface area contributed by atoms with Gasteiger partial charge in [-0.1, -0.05) is 18.2 Å². The quantitative estimate of drug-likeness (QED) is 0.648. The highest BCUT2D eigenvalue weighted by molar-refractivity contribution is 6.12. The molecule has 0 amide bonds. The number of esters is 2. The second kappa shape index (κ2) is 7.60. The SMILES string of the molecule is COC(=O)c1cc(C(=O)c2ccc(C(=O)OC)c(C(=O)O)c2)ccc1C. The van der Waals surface area contributed by atoms with E-state index in [1.54, 1.807) is 13.0 Å². The lowest BCUT2D eigenvalue weighted by atomic mass is 9.96. The first-order valence-corrected chi connectivity index (χ1v) is 7.49. The van der Waals surface area contributed by atoms with Crippen molar-refractivity contribution < 1.29 is 33.8 Å². The van der Waals surface area contributed by atoms with Crippen molar-refractivity contribution in [3.63, 3.8) is 0 Å². The number of hydrogen-bond acceptors (Lipinski definition) is 6. The maximum absolute atomic E-state index is 12.7. The second-order valence-corrected chi connectivity index (χ2v) is 5.41. The van der Waals surface area contributed by atoms with E-state index in [4.69, 9.17) is 0 Å². The summed E-state index contributed by atoms with van der Waals surface area (Å²) in [6.07, 6.45) is 0. The van der Waals surface area contributed by atoms with Gasteiger partial charge in [0.05, 0.1) is 30.9 Å². The topological polar surface area (TPSA) is 107 Å². The molecule has 0 spiro atoms. The molecule has 7 heteroatoms. The van der Waals surface area contributed by atoms with Crippen LogP contribution in [-0.4, -0.2) is 43.0 Å². The Morgan fingerprint density at radius 2 is 1.27 bits per heavy atom. The summed E-state index contributed by atoms with van der Waals surface area (Å²) >= 11 is 0. The van der Waals surface area contributed by atoms with Crippen LogP contribution in [0, 0.1) is 6.92 Å². The van der Waals surface area contributed by atoms with Gasteiger partial charge in [0, 0.05) is 11.1 Å². The highest BCUT2D eigenvalue weighted by Crippen LogP contribution is 2.19. The van der Waals surface area contributed by atoms with E-state index < -0.39 is 23.7 Å². The number of methoxy groups -OCH3 is 2. The minimum atomic E-state index is -1.36. The van der Waals surface area contributed by atoms with E-state index in [-0.39, 0.29) is 27.8 Å². The molecule has 0 aliphatic rings. The average Bonchev–Trinajstić information content (AvgIpc) is 2.65. The van der Waals surface area contributed by atoms with Crippen molar-refractivity contribution in [3.05, 3.63) is 69.8 Å². The first kappa shape index (κ1) is 18.9. The Labute approximate surface area is 149 Å². The summed E-state index contributed by atoms with van der Waals surface area (Å²) in [5, 5.41) is 9.29. The third-order valence-corrected chi connectivity index (χ3v) is 3.82. The van der Waals surface area contributed by atoms with E-state index in [0.29, 0.717) is 5.56 Å². The smallest absolute Gasteiger partial charge is 0.338 e. The van der Waals surface area contributed by atoms with Gasteiger partial charge in [0.2, 0.25) is 0 Å². The zero-order valence-electron chi connectivity index (χ0n) is 14.4. The number of ketones is 1. The van der Waals surface area contributed by atoms with Gasteiger partial charge in [-0.2, -0.15) is 0 Å². The molecule has 0 fully saturated rings. The highest BCUT2D eigenvalue weighted by Gasteiger charge is 2.21. The number of rotatable bonds is 5. The standard InChI is InChI=1S/C19H16O7/c1-10-4-5-11(8-14(10)19(24)26-3)16(20)12-6-7-13(18(23)25-2)15(9-12)17(21)22/h4-9H,1-3H3,(H,21,22). The molecule has 7 nitrogen and oxygen atoms in total. The van der Waals surface area contributed by atoms with Crippen molar-refractivity contribution in [2.75, 3.05) is 14.2 Å². The van der Waals surface area contributed by atoms with Crippen LogP contribution < -0.4 is 0 Å². The van der Waals surface area contributed by atoms with Crippen molar-refractivity contribution in [1.29, 1.82) is 0 Å². The summed E-state index contributed by atoms with van der Waals surface area (Å²) in [4.78, 5) is 47.5. The molecular formula is C19H16O7. The highest BCUT2D eigenvalue weighted by atomic mass is 16.5. The first-order valence-electron chi connectivity index (χ1n) is 7.49. The van der Waals surface area contributed by atoms with E-state index in [0.717, 1.165) is 13.2 Å². The second-order valence-electron chi connectivity index (χ2n) is 5.41. The molecule has 0 saturated carbocycles. The number of aryl methyl sites for hydroxylation is 1. The van der Waals surface area contributed by atoms with Crippen molar-refractivity contribution in [2.24, 2.45) is 0 Å². The van der Waals surface area contributed by atoms with Crippen LogP contribution in [-0.2, 0) is 9.47 Å². The van der Waals surface area contributed by atoms with E-state index in [9.17, 15) is 24.3 Å². The molecule has 0 bridgehead atoms. The Morgan fingerprint density at radius 1 is 0.769 bits per heavy atom. The van der Waals surface area contributed by atoms with Crippen LogP contribution in [0.15, 0.2) is 36.4 Å². The summed E-state index contributed by atoms with van der Waals surface area (Å²) in [7, 11) is 2.37. The normalized spacial score (nSPS) is 10.1. The zero-order chi connectivity index (χ0) is 19.4. The molecule has 0 aliphatic heterocycles. The van der Waals surface area contributed by atoms with E-state index >= 15 is 0 Å². The van der Waals surface area contributed by atoms with Crippen LogP contribution >= 0.6 is 0 Å². The molecule has 1 N–H and O–H groups in total. The van der Waals surface area contributed by atoms with Gasteiger partial charge in [0.15, 0.2) is 5.78 Å². The molecule has 2 aromatic rings. The third-order valence-electron chi connectivity index (χ3n) is 3.82. The molecule has 26 heavy (non-hydrogen) atoms. The van der Waals surface area contributed by atoms with Gasteiger partial charge >= 0.3 is 17.9 Å². The number of carboxylic acid groups (broad SMARTS) is 1. The maximum Gasteiger partial charge on any atom is 0.338 e. The number of aromatic carboxylic acids is 1. The summed E-state index contributed by atoms with van der Waals surface area (Å²) in [6.45, 7) is 1.70. The molecule has 134 valence electrons. The third kappa shape index (κ3) is 3.61. The monoisotopic (exact) mass is 356 g/mol. The van der Waals surface area contributed by atoms with E-state index in [1.807, 2.05) is 0 Å². The van der Waals surface area contributed by atoms with E-state index in [2.05, 4.69) is 9.47 Å². The van der Waals surface area contributed by atoms with Gasteiger partial charge in [-0.05, 0) is 30.7 Å². The Balaban J connectivity index is 2.51. The fourth-order valence-electron chi connectivity index (χ4n) is 2.41. The maximum atomic E-state index is 12.7.